The Morgan fingerprint density at radius 2 is 1.93 bits per heavy atom. The van der Waals surface area contributed by atoms with E-state index in [0.29, 0.717) is 16.8 Å². The van der Waals surface area contributed by atoms with Gasteiger partial charge in [-0.05, 0) is 45.0 Å². The second-order valence-electron chi connectivity index (χ2n) is 6.43. The molecule has 3 rings (SSSR count). The van der Waals surface area contributed by atoms with Gasteiger partial charge in [-0.3, -0.25) is 9.78 Å². The van der Waals surface area contributed by atoms with E-state index in [9.17, 15) is 9.90 Å². The molecule has 0 aliphatic heterocycles. The van der Waals surface area contributed by atoms with Gasteiger partial charge in [0, 0.05) is 35.8 Å². The lowest BCUT2D eigenvalue weighted by molar-refractivity contribution is 0.0954. The van der Waals surface area contributed by atoms with Gasteiger partial charge in [-0.2, -0.15) is 5.10 Å². The zero-order valence-corrected chi connectivity index (χ0v) is 16.3. The number of carbonyl (C=O) groups excluding carboxylic acids is 1. The molecule has 144 valence electrons. The van der Waals surface area contributed by atoms with Crippen LogP contribution in [0.25, 0.3) is 10.9 Å². The van der Waals surface area contributed by atoms with E-state index in [2.05, 4.69) is 34.3 Å². The Morgan fingerprint density at radius 3 is 2.64 bits per heavy atom. The minimum atomic E-state index is -0.341. The predicted molar refractivity (Wildman–Crippen MR) is 113 cm³/mol. The number of fused-ring (bicyclic) bond motifs is 1. The minimum absolute atomic E-state index is 0.117. The Hall–Kier alpha value is -3.41. The number of aromatic hydroxyl groups is 1. The number of nitrogens with one attached hydrogen (secondary N) is 1. The van der Waals surface area contributed by atoms with Crippen LogP contribution in [-0.2, 0) is 0 Å². The van der Waals surface area contributed by atoms with Crippen LogP contribution in [0.4, 0.5) is 5.69 Å². The second-order valence-corrected chi connectivity index (χ2v) is 6.43. The third kappa shape index (κ3) is 4.11. The Kier molecular flexibility index (Phi) is 5.89. The largest absolute Gasteiger partial charge is 0.507 e. The maximum atomic E-state index is 12.5. The van der Waals surface area contributed by atoms with Gasteiger partial charge >= 0.3 is 0 Å². The summed E-state index contributed by atoms with van der Waals surface area (Å²) in [6.45, 7) is 7.64. The van der Waals surface area contributed by atoms with Crippen molar-refractivity contribution in [2.45, 2.75) is 20.8 Å². The van der Waals surface area contributed by atoms with E-state index in [1.807, 2.05) is 30.3 Å². The maximum absolute atomic E-state index is 12.5. The number of amides is 1. The van der Waals surface area contributed by atoms with Crippen LogP contribution in [0.5, 0.6) is 5.75 Å². The fourth-order valence-corrected chi connectivity index (χ4v) is 3.09. The van der Waals surface area contributed by atoms with E-state index in [1.54, 1.807) is 25.1 Å². The molecular formula is C22H24N4O2. The van der Waals surface area contributed by atoms with E-state index in [4.69, 9.17) is 0 Å². The van der Waals surface area contributed by atoms with Crippen LogP contribution in [-0.4, -0.2) is 35.3 Å². The summed E-state index contributed by atoms with van der Waals surface area (Å²) in [4.78, 5) is 19.1. The third-order valence-electron chi connectivity index (χ3n) is 4.67. The molecule has 6 nitrogen and oxygen atoms in total. The highest BCUT2D eigenvalue weighted by molar-refractivity contribution is 5.99. The van der Waals surface area contributed by atoms with Gasteiger partial charge < -0.3 is 10.0 Å². The quantitative estimate of drug-likeness (QED) is 0.506. The first kappa shape index (κ1) is 19.4. The number of aryl methyl sites for hydroxylation is 1. The molecule has 0 atom stereocenters. The highest BCUT2D eigenvalue weighted by Crippen LogP contribution is 2.23. The maximum Gasteiger partial charge on any atom is 0.273 e. The summed E-state index contributed by atoms with van der Waals surface area (Å²) in [5.41, 5.74) is 5.94. The number of para-hydroxylation sites is 1. The first-order valence-corrected chi connectivity index (χ1v) is 9.31. The molecule has 0 spiro atoms. The van der Waals surface area contributed by atoms with Crippen LogP contribution in [0, 0.1) is 6.92 Å². The molecule has 2 N–H and O–H groups in total. The number of hydrogen-bond donors (Lipinski definition) is 2. The SMILES string of the molecule is CCN(CC)c1ccc(C=NNC(=O)c2cc3ccccc3nc2C)c(O)c1. The van der Waals surface area contributed by atoms with Crippen LogP contribution in [0.15, 0.2) is 53.6 Å². The average Bonchev–Trinajstić information content (AvgIpc) is 2.69. The first-order chi connectivity index (χ1) is 13.5. The number of hydrogen-bond acceptors (Lipinski definition) is 5. The van der Waals surface area contributed by atoms with Gasteiger partial charge in [-0.25, -0.2) is 5.43 Å². The zero-order chi connectivity index (χ0) is 20.1. The molecule has 1 aromatic heterocycles. The molecule has 0 fully saturated rings. The van der Waals surface area contributed by atoms with E-state index in [0.717, 1.165) is 29.7 Å². The van der Waals surface area contributed by atoms with Crippen LogP contribution in [0.2, 0.25) is 0 Å². The molecule has 3 aromatic rings. The van der Waals surface area contributed by atoms with Gasteiger partial charge in [-0.1, -0.05) is 18.2 Å². The normalized spacial score (nSPS) is 11.1. The number of nitrogens with zero attached hydrogens (tertiary/aromatic N) is 3. The number of phenolic OH excluding ortho intramolecular Hbond substituents is 1. The predicted octanol–water partition coefficient (Wildman–Crippen LogP) is 3.86. The van der Waals surface area contributed by atoms with Crippen molar-refractivity contribution in [3.8, 4) is 5.75 Å². The molecule has 0 aliphatic carbocycles. The molecule has 0 radical (unpaired) electrons. The number of anilines is 1. The van der Waals surface area contributed by atoms with Crippen LogP contribution < -0.4 is 10.3 Å². The number of carbonyl (C=O) groups is 1. The minimum Gasteiger partial charge on any atom is -0.507 e. The Bertz CT molecular complexity index is 1030. The average molecular weight is 376 g/mol. The molecule has 0 aliphatic rings. The number of benzene rings is 2. The van der Waals surface area contributed by atoms with Gasteiger partial charge in [0.15, 0.2) is 0 Å². The number of rotatable bonds is 6. The standard InChI is InChI=1S/C22H24N4O2/c1-4-26(5-2)18-11-10-17(21(27)13-18)14-23-25-22(28)19-12-16-8-6-7-9-20(16)24-15(19)3/h6-14,27H,4-5H2,1-3H3,(H,25,28). The van der Waals surface area contributed by atoms with E-state index in [-0.39, 0.29) is 11.7 Å². The van der Waals surface area contributed by atoms with Gasteiger partial charge in [0.1, 0.15) is 5.75 Å². The molecule has 6 heteroatoms. The van der Waals surface area contributed by atoms with Crippen LogP contribution >= 0.6 is 0 Å². The number of phenols is 1. The molecule has 2 aromatic carbocycles. The zero-order valence-electron chi connectivity index (χ0n) is 16.3. The lowest BCUT2D eigenvalue weighted by Gasteiger charge is -2.21. The van der Waals surface area contributed by atoms with Crippen LogP contribution in [0.3, 0.4) is 0 Å². The molecule has 0 bridgehead atoms. The fourth-order valence-electron chi connectivity index (χ4n) is 3.09. The summed E-state index contributed by atoms with van der Waals surface area (Å²) in [7, 11) is 0. The molecule has 0 saturated carbocycles. The van der Waals surface area contributed by atoms with E-state index >= 15 is 0 Å². The Morgan fingerprint density at radius 1 is 1.18 bits per heavy atom. The molecule has 1 heterocycles. The van der Waals surface area contributed by atoms with Crippen molar-refractivity contribution in [2.75, 3.05) is 18.0 Å². The molecule has 0 saturated heterocycles. The van der Waals surface area contributed by atoms with E-state index in [1.165, 1.54) is 6.21 Å². The molecule has 0 unspecified atom stereocenters. The summed E-state index contributed by atoms with van der Waals surface area (Å²) >= 11 is 0. The molecule has 1 amide bonds. The summed E-state index contributed by atoms with van der Waals surface area (Å²) in [6.07, 6.45) is 1.43. The smallest absolute Gasteiger partial charge is 0.273 e. The van der Waals surface area contributed by atoms with Gasteiger partial charge in [-0.15, -0.1) is 0 Å². The molecular weight excluding hydrogens is 352 g/mol. The van der Waals surface area contributed by atoms with Crippen molar-refractivity contribution < 1.29 is 9.90 Å². The van der Waals surface area contributed by atoms with Crippen LogP contribution in [0.1, 0.15) is 35.5 Å². The van der Waals surface area contributed by atoms with Crippen molar-refractivity contribution in [3.05, 3.63) is 65.4 Å². The van der Waals surface area contributed by atoms with Gasteiger partial charge in [0.05, 0.1) is 23.0 Å². The topological polar surface area (TPSA) is 77.8 Å². The van der Waals surface area contributed by atoms with Gasteiger partial charge in [0.2, 0.25) is 0 Å². The lowest BCUT2D eigenvalue weighted by Crippen LogP contribution is -2.21. The fraction of sp³-hybridized carbons (Fsp3) is 0.227. The van der Waals surface area contributed by atoms with Crippen molar-refractivity contribution in [3.63, 3.8) is 0 Å². The number of aromatic nitrogens is 1. The second kappa shape index (κ2) is 8.52. The Balaban J connectivity index is 1.74. The molecule has 28 heavy (non-hydrogen) atoms. The summed E-state index contributed by atoms with van der Waals surface area (Å²) < 4.78 is 0. The van der Waals surface area contributed by atoms with Crippen molar-refractivity contribution in [1.29, 1.82) is 0 Å². The van der Waals surface area contributed by atoms with Crippen molar-refractivity contribution in [2.24, 2.45) is 5.10 Å². The number of hydrazone groups is 1. The highest BCUT2D eigenvalue weighted by atomic mass is 16.3. The summed E-state index contributed by atoms with van der Waals surface area (Å²) in [5.74, 6) is -0.225. The summed E-state index contributed by atoms with van der Waals surface area (Å²) in [6, 6.07) is 14.9. The monoisotopic (exact) mass is 376 g/mol. The van der Waals surface area contributed by atoms with Gasteiger partial charge in [0.25, 0.3) is 5.91 Å². The third-order valence-corrected chi connectivity index (χ3v) is 4.67. The Labute approximate surface area is 164 Å². The first-order valence-electron chi connectivity index (χ1n) is 9.31. The highest BCUT2D eigenvalue weighted by Gasteiger charge is 2.11. The van der Waals surface area contributed by atoms with Crippen molar-refractivity contribution >= 4 is 28.7 Å². The van der Waals surface area contributed by atoms with Crippen molar-refractivity contribution in [1.82, 2.24) is 10.4 Å². The van der Waals surface area contributed by atoms with E-state index < -0.39 is 0 Å². The summed E-state index contributed by atoms with van der Waals surface area (Å²) in [5, 5.41) is 15.1. The number of pyridine rings is 1. The lowest BCUT2D eigenvalue weighted by atomic mass is 10.1.